The highest BCUT2D eigenvalue weighted by atomic mass is 16.5. The number of rotatable bonds is 3. The van der Waals surface area contributed by atoms with Crippen molar-refractivity contribution in [2.45, 2.75) is 13.8 Å². The fraction of sp³-hybridized carbons (Fsp3) is 0.273. The molecule has 2 aromatic carbocycles. The summed E-state index contributed by atoms with van der Waals surface area (Å²) in [5.41, 5.74) is 3.15. The molecule has 0 bridgehead atoms. The molecule has 1 aliphatic heterocycles. The Kier molecular flexibility index (Phi) is 5.12. The normalized spacial score (nSPS) is 14.1. The molecule has 1 aliphatic rings. The molecule has 1 saturated heterocycles. The molecule has 2 heterocycles. The van der Waals surface area contributed by atoms with E-state index >= 15 is 0 Å². The summed E-state index contributed by atoms with van der Waals surface area (Å²) < 4.78 is 5.08. The van der Waals surface area contributed by atoms with Crippen LogP contribution in [0.15, 0.2) is 48.5 Å². The summed E-state index contributed by atoms with van der Waals surface area (Å²) in [5, 5.41) is 0. The first-order valence-electron chi connectivity index (χ1n) is 9.57. The standard InChI is InChI=1S/C22H22N4O3/c1-15-21(24-20-9-4-3-8-19(20)23-15)25-10-12-26(13-11-25)22(28)17-6-5-7-18(14-17)29-16(2)27/h3-9,14H,10-13H2,1-2H3. The number of piperazine rings is 1. The third-order valence-electron chi connectivity index (χ3n) is 4.93. The molecular formula is C22H22N4O3. The van der Waals surface area contributed by atoms with Crippen LogP contribution in [0.25, 0.3) is 11.0 Å². The van der Waals surface area contributed by atoms with Crippen LogP contribution in [0.3, 0.4) is 0 Å². The third kappa shape index (κ3) is 4.03. The molecule has 4 rings (SSSR count). The Morgan fingerprint density at radius 2 is 1.62 bits per heavy atom. The van der Waals surface area contributed by atoms with Crippen molar-refractivity contribution in [1.29, 1.82) is 0 Å². The highest BCUT2D eigenvalue weighted by Crippen LogP contribution is 2.22. The topological polar surface area (TPSA) is 75.6 Å². The Balaban J connectivity index is 1.46. The van der Waals surface area contributed by atoms with E-state index in [1.54, 1.807) is 24.3 Å². The molecule has 0 saturated carbocycles. The number of benzene rings is 2. The Morgan fingerprint density at radius 3 is 2.31 bits per heavy atom. The fourth-order valence-electron chi connectivity index (χ4n) is 3.54. The van der Waals surface area contributed by atoms with Crippen molar-refractivity contribution >= 4 is 28.7 Å². The number of amides is 1. The van der Waals surface area contributed by atoms with Gasteiger partial charge in [-0.1, -0.05) is 18.2 Å². The van der Waals surface area contributed by atoms with Crippen LogP contribution >= 0.6 is 0 Å². The average molecular weight is 390 g/mol. The minimum Gasteiger partial charge on any atom is -0.427 e. The molecule has 0 atom stereocenters. The van der Waals surface area contributed by atoms with Crippen molar-refractivity contribution in [2.24, 2.45) is 0 Å². The molecule has 29 heavy (non-hydrogen) atoms. The lowest BCUT2D eigenvalue weighted by Gasteiger charge is -2.36. The quantitative estimate of drug-likeness (QED) is 0.506. The molecular weight excluding hydrogens is 368 g/mol. The predicted octanol–water partition coefficient (Wildman–Crippen LogP) is 2.83. The zero-order valence-electron chi connectivity index (χ0n) is 16.5. The van der Waals surface area contributed by atoms with Gasteiger partial charge in [0.05, 0.1) is 16.7 Å². The number of hydrogen-bond acceptors (Lipinski definition) is 6. The highest BCUT2D eigenvalue weighted by Gasteiger charge is 2.24. The lowest BCUT2D eigenvalue weighted by Crippen LogP contribution is -2.49. The summed E-state index contributed by atoms with van der Waals surface area (Å²) in [4.78, 5) is 37.4. The van der Waals surface area contributed by atoms with Crippen LogP contribution in [0.5, 0.6) is 5.75 Å². The first kappa shape index (κ1) is 18.9. The second kappa shape index (κ2) is 7.87. The molecule has 7 nitrogen and oxygen atoms in total. The van der Waals surface area contributed by atoms with Gasteiger partial charge in [-0.05, 0) is 37.3 Å². The number of aromatic nitrogens is 2. The van der Waals surface area contributed by atoms with Crippen LogP contribution in [0.4, 0.5) is 5.82 Å². The van der Waals surface area contributed by atoms with Crippen molar-refractivity contribution in [3.05, 3.63) is 59.8 Å². The van der Waals surface area contributed by atoms with Crippen molar-refractivity contribution < 1.29 is 14.3 Å². The molecule has 0 N–H and O–H groups in total. The molecule has 1 amide bonds. The maximum absolute atomic E-state index is 12.9. The van der Waals surface area contributed by atoms with Crippen molar-refractivity contribution in [3.8, 4) is 5.75 Å². The molecule has 3 aromatic rings. The Hall–Kier alpha value is -3.48. The van der Waals surface area contributed by atoms with Crippen LogP contribution in [-0.4, -0.2) is 52.9 Å². The first-order valence-corrected chi connectivity index (χ1v) is 9.57. The number of ether oxygens (including phenoxy) is 1. The molecule has 1 fully saturated rings. The van der Waals surface area contributed by atoms with Gasteiger partial charge in [-0.25, -0.2) is 9.97 Å². The number of aryl methyl sites for hydroxylation is 1. The zero-order valence-corrected chi connectivity index (χ0v) is 16.5. The Labute approximate surface area is 168 Å². The van der Waals surface area contributed by atoms with E-state index in [0.717, 1.165) is 22.5 Å². The van der Waals surface area contributed by atoms with Crippen LogP contribution in [-0.2, 0) is 4.79 Å². The molecule has 0 aliphatic carbocycles. The molecule has 0 spiro atoms. The minimum atomic E-state index is -0.407. The van der Waals surface area contributed by atoms with Gasteiger partial charge >= 0.3 is 5.97 Å². The summed E-state index contributed by atoms with van der Waals surface area (Å²) in [5.74, 6) is 0.770. The Bertz CT molecular complexity index is 1070. The van der Waals surface area contributed by atoms with Gasteiger partial charge in [0, 0.05) is 38.7 Å². The number of carbonyl (C=O) groups is 2. The maximum Gasteiger partial charge on any atom is 0.308 e. The van der Waals surface area contributed by atoms with Crippen LogP contribution < -0.4 is 9.64 Å². The van der Waals surface area contributed by atoms with Gasteiger partial charge in [0.1, 0.15) is 5.75 Å². The molecule has 1 aromatic heterocycles. The van der Waals surface area contributed by atoms with Gasteiger partial charge in [-0.2, -0.15) is 0 Å². The van der Waals surface area contributed by atoms with Gasteiger partial charge in [0.15, 0.2) is 5.82 Å². The van der Waals surface area contributed by atoms with Crippen molar-refractivity contribution in [1.82, 2.24) is 14.9 Å². The van der Waals surface area contributed by atoms with Crippen LogP contribution in [0.2, 0.25) is 0 Å². The summed E-state index contributed by atoms with van der Waals surface area (Å²) in [7, 11) is 0. The summed E-state index contributed by atoms with van der Waals surface area (Å²) >= 11 is 0. The summed E-state index contributed by atoms with van der Waals surface area (Å²) in [6.07, 6.45) is 0. The lowest BCUT2D eigenvalue weighted by atomic mass is 10.1. The van der Waals surface area contributed by atoms with Crippen molar-refractivity contribution in [3.63, 3.8) is 0 Å². The van der Waals surface area contributed by atoms with E-state index in [4.69, 9.17) is 9.72 Å². The number of anilines is 1. The number of esters is 1. The van der Waals surface area contributed by atoms with E-state index in [2.05, 4.69) is 9.88 Å². The maximum atomic E-state index is 12.9. The van der Waals surface area contributed by atoms with Gasteiger partial charge in [-0.3, -0.25) is 9.59 Å². The second-order valence-corrected chi connectivity index (χ2v) is 7.02. The fourth-order valence-corrected chi connectivity index (χ4v) is 3.54. The van der Waals surface area contributed by atoms with Gasteiger partial charge in [-0.15, -0.1) is 0 Å². The smallest absolute Gasteiger partial charge is 0.308 e. The molecule has 7 heteroatoms. The Morgan fingerprint density at radius 1 is 0.931 bits per heavy atom. The summed E-state index contributed by atoms with van der Waals surface area (Å²) in [6.45, 7) is 5.85. The lowest BCUT2D eigenvalue weighted by molar-refractivity contribution is -0.131. The monoisotopic (exact) mass is 390 g/mol. The first-order chi connectivity index (χ1) is 14.0. The molecule has 0 radical (unpaired) electrons. The van der Waals surface area contributed by atoms with Crippen molar-refractivity contribution in [2.75, 3.05) is 31.1 Å². The number of fused-ring (bicyclic) bond motifs is 1. The predicted molar refractivity (Wildman–Crippen MR) is 110 cm³/mol. The molecule has 0 unspecified atom stereocenters. The van der Waals surface area contributed by atoms with Gasteiger partial charge in [0.25, 0.3) is 5.91 Å². The largest absolute Gasteiger partial charge is 0.427 e. The number of hydrogen-bond donors (Lipinski definition) is 0. The average Bonchev–Trinajstić information content (AvgIpc) is 2.72. The summed E-state index contributed by atoms with van der Waals surface area (Å²) in [6, 6.07) is 14.6. The second-order valence-electron chi connectivity index (χ2n) is 7.02. The van der Waals surface area contributed by atoms with E-state index in [1.807, 2.05) is 36.1 Å². The number of nitrogens with zero attached hydrogens (tertiary/aromatic N) is 4. The van der Waals surface area contributed by atoms with E-state index < -0.39 is 5.97 Å². The minimum absolute atomic E-state index is 0.0695. The van der Waals surface area contributed by atoms with Gasteiger partial charge in [0.2, 0.25) is 0 Å². The molecule has 148 valence electrons. The van der Waals surface area contributed by atoms with Gasteiger partial charge < -0.3 is 14.5 Å². The van der Waals surface area contributed by atoms with E-state index in [-0.39, 0.29) is 5.91 Å². The third-order valence-corrected chi connectivity index (χ3v) is 4.93. The number of para-hydroxylation sites is 2. The number of carbonyl (C=O) groups excluding carboxylic acids is 2. The SMILES string of the molecule is CC(=O)Oc1cccc(C(=O)N2CCN(c3nc4ccccc4nc3C)CC2)c1. The van der Waals surface area contributed by atoms with Crippen LogP contribution in [0.1, 0.15) is 23.0 Å². The van der Waals surface area contributed by atoms with E-state index in [0.29, 0.717) is 37.5 Å². The van der Waals surface area contributed by atoms with E-state index in [1.165, 1.54) is 6.92 Å². The van der Waals surface area contributed by atoms with Crippen LogP contribution in [0, 0.1) is 6.92 Å². The zero-order chi connectivity index (χ0) is 20.4. The van der Waals surface area contributed by atoms with E-state index in [9.17, 15) is 9.59 Å². The highest BCUT2D eigenvalue weighted by molar-refractivity contribution is 5.95.